The van der Waals surface area contributed by atoms with Crippen molar-refractivity contribution in [2.75, 3.05) is 46.4 Å². The van der Waals surface area contributed by atoms with Gasteiger partial charge in [-0.1, -0.05) is 29.5 Å². The van der Waals surface area contributed by atoms with Crippen LogP contribution >= 0.6 is 22.9 Å². The Hall–Kier alpha value is -4.77. The molecule has 3 aliphatic rings. The fraction of sp³-hybridized carbons (Fsp3) is 0.324. The van der Waals surface area contributed by atoms with E-state index < -0.39 is 23.8 Å². The number of carbonyl (C=O) groups excluding carboxylic acids is 2. The van der Waals surface area contributed by atoms with Crippen molar-refractivity contribution in [3.05, 3.63) is 96.8 Å². The van der Waals surface area contributed by atoms with E-state index in [-0.39, 0.29) is 34.8 Å². The van der Waals surface area contributed by atoms with Gasteiger partial charge in [0, 0.05) is 66.1 Å². The molecule has 2 N–H and O–H groups in total. The summed E-state index contributed by atoms with van der Waals surface area (Å²) in [6.07, 6.45) is 1.66. The number of carboxylic acids is 1. The van der Waals surface area contributed by atoms with E-state index in [4.69, 9.17) is 21.3 Å². The number of amidine groups is 1. The summed E-state index contributed by atoms with van der Waals surface area (Å²) in [6, 6.07) is 6.14. The van der Waals surface area contributed by atoms with Gasteiger partial charge in [-0.3, -0.25) is 9.89 Å². The van der Waals surface area contributed by atoms with Gasteiger partial charge in [-0.15, -0.1) is 11.3 Å². The Morgan fingerprint density at radius 1 is 1.19 bits per heavy atom. The molecule has 4 heterocycles. The molecule has 1 aromatic heterocycles. The molecule has 248 valence electrons. The minimum Gasteiger partial charge on any atom is -0.478 e. The van der Waals surface area contributed by atoms with Gasteiger partial charge in [-0.2, -0.15) is 0 Å². The summed E-state index contributed by atoms with van der Waals surface area (Å²) in [6.45, 7) is 6.29. The van der Waals surface area contributed by atoms with Gasteiger partial charge in [-0.05, 0) is 49.2 Å². The monoisotopic (exact) mass is 690 g/mol. The second kappa shape index (κ2) is 13.8. The van der Waals surface area contributed by atoms with Crippen LogP contribution in [0.5, 0.6) is 0 Å². The number of carboxylic acid groups (broad SMARTS) is 1. The molecule has 3 aliphatic heterocycles. The zero-order valence-electron chi connectivity index (χ0n) is 26.4. The van der Waals surface area contributed by atoms with Crippen LogP contribution < -0.4 is 5.32 Å². The zero-order valence-corrected chi connectivity index (χ0v) is 28.0. The first kappa shape index (κ1) is 33.1. The lowest BCUT2D eigenvalue weighted by Crippen LogP contribution is -2.53. The molecule has 6 rings (SSSR count). The number of piperazine rings is 1. The number of esters is 1. The number of urea groups is 1. The van der Waals surface area contributed by atoms with E-state index in [0.29, 0.717) is 54.8 Å². The molecular weight excluding hydrogens is 659 g/mol. The molecule has 14 heteroatoms. The molecule has 48 heavy (non-hydrogen) atoms. The quantitative estimate of drug-likeness (QED) is 0.279. The first-order chi connectivity index (χ1) is 23.0. The molecule has 0 unspecified atom stereocenters. The summed E-state index contributed by atoms with van der Waals surface area (Å²) in [4.78, 5) is 52.9. The Bertz CT molecular complexity index is 1900. The lowest BCUT2D eigenvalue weighted by molar-refractivity contribution is -0.136. The molecule has 0 spiro atoms. The van der Waals surface area contributed by atoms with Crippen molar-refractivity contribution in [3.63, 3.8) is 0 Å². The highest BCUT2D eigenvalue weighted by Gasteiger charge is 2.41. The highest BCUT2D eigenvalue weighted by Crippen LogP contribution is 2.37. The van der Waals surface area contributed by atoms with Crippen molar-refractivity contribution in [1.29, 1.82) is 0 Å². The van der Waals surface area contributed by atoms with Crippen LogP contribution in [0.4, 0.5) is 9.18 Å². The first-order valence-electron chi connectivity index (χ1n) is 15.2. The van der Waals surface area contributed by atoms with E-state index in [1.54, 1.807) is 23.2 Å². The van der Waals surface area contributed by atoms with E-state index in [9.17, 15) is 23.9 Å². The van der Waals surface area contributed by atoms with Crippen molar-refractivity contribution in [2.24, 2.45) is 4.99 Å². The van der Waals surface area contributed by atoms with Crippen LogP contribution in [0, 0.1) is 31.5 Å². The van der Waals surface area contributed by atoms with Crippen LogP contribution in [0.15, 0.2) is 58.2 Å². The summed E-state index contributed by atoms with van der Waals surface area (Å²) in [5.74, 6) is 4.61. The number of benzene rings is 2. The molecule has 2 aromatic carbocycles. The number of carbonyl (C=O) groups is 3. The summed E-state index contributed by atoms with van der Waals surface area (Å²) in [5, 5.41) is 15.2. The third-order valence-corrected chi connectivity index (χ3v) is 9.69. The second-order valence-electron chi connectivity index (χ2n) is 11.7. The molecular formula is C34H32ClFN6O5S. The number of aromatic carboxylic acids is 1. The Labute approximate surface area is 285 Å². The highest BCUT2D eigenvalue weighted by molar-refractivity contribution is 7.11. The van der Waals surface area contributed by atoms with Crippen molar-refractivity contribution in [2.45, 2.75) is 25.9 Å². The van der Waals surface area contributed by atoms with Crippen molar-refractivity contribution < 1.29 is 28.6 Å². The van der Waals surface area contributed by atoms with Crippen molar-refractivity contribution >= 4 is 46.7 Å². The van der Waals surface area contributed by atoms with E-state index in [0.717, 1.165) is 16.7 Å². The topological polar surface area (TPSA) is 128 Å². The number of thiazole rings is 1. The molecule has 2 fully saturated rings. The maximum absolute atomic E-state index is 14.0. The van der Waals surface area contributed by atoms with Gasteiger partial charge in [0.05, 0.1) is 30.8 Å². The number of hydrogen-bond acceptors (Lipinski definition) is 9. The number of aromatic nitrogens is 1. The third kappa shape index (κ3) is 6.64. The number of methoxy groups -OCH3 is 1. The number of halogens is 2. The molecule has 0 radical (unpaired) electrons. The SMILES string of the molecule is COC(=O)C1=C(CN2CCN3C(=O)N(CC#Cc4c(C)cc(C(=O)O)cc4C)C[C@@H]3C2)NC(c2nccs2)=N[C@H]1c1ccc(F)cc1Cl. The number of nitrogens with zero attached hydrogens (tertiary/aromatic N) is 5. The Balaban J connectivity index is 1.21. The van der Waals surface area contributed by atoms with Crippen molar-refractivity contribution in [1.82, 2.24) is 25.0 Å². The molecule has 2 atom stereocenters. The molecule has 2 amide bonds. The first-order valence-corrected chi connectivity index (χ1v) is 16.4. The lowest BCUT2D eigenvalue weighted by Gasteiger charge is -2.38. The van der Waals surface area contributed by atoms with Gasteiger partial charge in [-0.25, -0.2) is 23.8 Å². The van der Waals surface area contributed by atoms with Gasteiger partial charge in [0.2, 0.25) is 0 Å². The zero-order chi connectivity index (χ0) is 34.1. The number of hydrogen-bond donors (Lipinski definition) is 2. The average molecular weight is 691 g/mol. The standard InChI is InChI=1S/C34H32ClFN6O5S/c1-19-13-21(32(43)44)14-20(2)24(19)5-4-9-41-17-23-16-40(10-11-42(23)34(41)46)18-27-28(33(45)47-3)29(25-7-6-22(36)15-26(25)35)39-30(38-27)31-37-8-12-48-31/h6-8,12-15,23,29H,9-11,16-18H2,1-3H3,(H,38,39)(H,43,44)/t23-,29-/m0/s1. The van der Waals surface area contributed by atoms with E-state index in [1.165, 1.54) is 36.6 Å². The van der Waals surface area contributed by atoms with E-state index in [2.05, 4.69) is 27.0 Å². The third-order valence-electron chi connectivity index (χ3n) is 8.58. The predicted molar refractivity (Wildman–Crippen MR) is 179 cm³/mol. The molecule has 11 nitrogen and oxygen atoms in total. The number of ether oxygens (including phenoxy) is 1. The minimum atomic E-state index is -0.990. The van der Waals surface area contributed by atoms with Gasteiger partial charge >= 0.3 is 18.0 Å². The van der Waals surface area contributed by atoms with Gasteiger partial charge < -0.3 is 25.0 Å². The van der Waals surface area contributed by atoms with E-state index >= 15 is 0 Å². The van der Waals surface area contributed by atoms with Crippen LogP contribution in [-0.4, -0.2) is 101 Å². The smallest absolute Gasteiger partial charge is 0.338 e. The maximum Gasteiger partial charge on any atom is 0.338 e. The number of fused-ring (bicyclic) bond motifs is 1. The molecule has 2 saturated heterocycles. The summed E-state index contributed by atoms with van der Waals surface area (Å²) in [7, 11) is 1.30. The molecule has 0 aliphatic carbocycles. The fourth-order valence-electron chi connectivity index (χ4n) is 6.32. The Kier molecular flexibility index (Phi) is 9.50. The largest absolute Gasteiger partial charge is 0.478 e. The number of aryl methyl sites for hydroxylation is 2. The van der Waals surface area contributed by atoms with E-state index in [1.807, 2.05) is 24.1 Å². The average Bonchev–Trinajstić information content (AvgIpc) is 3.70. The van der Waals surface area contributed by atoms with Gasteiger partial charge in [0.25, 0.3) is 0 Å². The van der Waals surface area contributed by atoms with Gasteiger partial charge in [0.1, 0.15) is 11.9 Å². The predicted octanol–water partition coefficient (Wildman–Crippen LogP) is 4.24. The minimum absolute atomic E-state index is 0.0851. The molecule has 3 aromatic rings. The van der Waals surface area contributed by atoms with Gasteiger partial charge in [0.15, 0.2) is 10.8 Å². The fourth-order valence-corrected chi connectivity index (χ4v) is 7.18. The maximum atomic E-state index is 14.0. The summed E-state index contributed by atoms with van der Waals surface area (Å²) < 4.78 is 19.2. The van der Waals surface area contributed by atoms with Crippen LogP contribution in [0.1, 0.15) is 43.7 Å². The number of amides is 2. The molecule has 0 saturated carbocycles. The number of rotatable bonds is 7. The molecule has 0 bridgehead atoms. The summed E-state index contributed by atoms with van der Waals surface area (Å²) >= 11 is 7.86. The second-order valence-corrected chi connectivity index (χ2v) is 13.0. The van der Waals surface area contributed by atoms with Crippen LogP contribution in [-0.2, 0) is 9.53 Å². The number of aliphatic imine (C=N–C) groups is 1. The van der Waals surface area contributed by atoms with Crippen LogP contribution in [0.25, 0.3) is 0 Å². The number of nitrogens with one attached hydrogen (secondary N) is 1. The Morgan fingerprint density at radius 2 is 1.96 bits per heavy atom. The summed E-state index contributed by atoms with van der Waals surface area (Å²) in [5.41, 5.74) is 3.78. The van der Waals surface area contributed by atoms with Crippen LogP contribution in [0.2, 0.25) is 5.02 Å². The Morgan fingerprint density at radius 3 is 2.62 bits per heavy atom. The normalized spacial score (nSPS) is 19.4. The van der Waals surface area contributed by atoms with Crippen LogP contribution in [0.3, 0.4) is 0 Å². The van der Waals surface area contributed by atoms with Crippen molar-refractivity contribution in [3.8, 4) is 11.8 Å². The highest BCUT2D eigenvalue weighted by atomic mass is 35.5. The lowest BCUT2D eigenvalue weighted by atomic mass is 9.95.